The molecule has 1 aromatic carbocycles. The van der Waals surface area contributed by atoms with Gasteiger partial charge < -0.3 is 19.5 Å². The third-order valence-electron chi connectivity index (χ3n) is 5.06. The highest BCUT2D eigenvalue weighted by atomic mass is 16.5. The Bertz CT molecular complexity index is 628. The number of amides is 1. The van der Waals surface area contributed by atoms with Gasteiger partial charge in [0.25, 0.3) is 0 Å². The molecule has 0 unspecified atom stereocenters. The summed E-state index contributed by atoms with van der Waals surface area (Å²) in [5.74, 6) is 2.73. The molecule has 0 radical (unpaired) electrons. The zero-order valence-corrected chi connectivity index (χ0v) is 17.9. The third kappa shape index (κ3) is 6.27. The minimum absolute atomic E-state index is 0.121. The molecule has 1 heterocycles. The van der Waals surface area contributed by atoms with E-state index in [0.29, 0.717) is 29.7 Å². The van der Waals surface area contributed by atoms with Crippen LogP contribution in [0.25, 0.3) is 0 Å². The number of methoxy groups -OCH3 is 3. The lowest BCUT2D eigenvalue weighted by Gasteiger charge is -2.34. The summed E-state index contributed by atoms with van der Waals surface area (Å²) in [5.41, 5.74) is 1.07. The van der Waals surface area contributed by atoms with Gasteiger partial charge in [0.05, 0.1) is 27.9 Å². The molecule has 1 aliphatic heterocycles. The van der Waals surface area contributed by atoms with E-state index in [1.165, 1.54) is 0 Å². The Balaban J connectivity index is 1.85. The topological polar surface area (TPSA) is 63.3 Å². The summed E-state index contributed by atoms with van der Waals surface area (Å²) >= 11 is 0. The van der Waals surface area contributed by atoms with Crippen LogP contribution in [0.2, 0.25) is 0 Å². The van der Waals surface area contributed by atoms with Crippen LogP contribution in [0.3, 0.4) is 0 Å². The summed E-state index contributed by atoms with van der Waals surface area (Å²) in [6, 6.07) is 3.93. The smallest absolute Gasteiger partial charge is 0.234 e. The SMILES string of the molecule is COc1ccc(CN2CCN(CC(=O)NCCC(C)C)CC2)c(OC)c1OC. The molecular weight excluding hydrogens is 358 g/mol. The highest BCUT2D eigenvalue weighted by Crippen LogP contribution is 2.40. The van der Waals surface area contributed by atoms with E-state index < -0.39 is 0 Å². The van der Waals surface area contributed by atoms with Gasteiger partial charge >= 0.3 is 0 Å². The highest BCUT2D eigenvalue weighted by Gasteiger charge is 2.22. The Morgan fingerprint density at radius 1 is 1.00 bits per heavy atom. The molecule has 0 saturated carbocycles. The van der Waals surface area contributed by atoms with Crippen LogP contribution in [-0.2, 0) is 11.3 Å². The van der Waals surface area contributed by atoms with E-state index in [4.69, 9.17) is 14.2 Å². The molecule has 7 nitrogen and oxygen atoms in total. The summed E-state index contributed by atoms with van der Waals surface area (Å²) in [7, 11) is 4.89. The van der Waals surface area contributed by atoms with Gasteiger partial charge in [-0.3, -0.25) is 14.6 Å². The van der Waals surface area contributed by atoms with E-state index >= 15 is 0 Å². The number of hydrogen-bond donors (Lipinski definition) is 1. The summed E-state index contributed by atoms with van der Waals surface area (Å²) in [5, 5.41) is 3.01. The van der Waals surface area contributed by atoms with E-state index in [2.05, 4.69) is 29.0 Å². The summed E-state index contributed by atoms with van der Waals surface area (Å²) in [4.78, 5) is 16.7. The summed E-state index contributed by atoms with van der Waals surface area (Å²) in [6.07, 6.45) is 1.02. The molecule has 1 aromatic rings. The Kier molecular flexibility index (Phi) is 8.86. The second-order valence-corrected chi connectivity index (χ2v) is 7.58. The van der Waals surface area contributed by atoms with E-state index in [1.54, 1.807) is 21.3 Å². The first-order chi connectivity index (χ1) is 13.5. The molecule has 0 bridgehead atoms. The van der Waals surface area contributed by atoms with Gasteiger partial charge in [-0.2, -0.15) is 0 Å². The molecule has 1 saturated heterocycles. The summed E-state index contributed by atoms with van der Waals surface area (Å²) in [6.45, 7) is 9.94. The second kappa shape index (κ2) is 11.1. The first-order valence-corrected chi connectivity index (χ1v) is 9.97. The fourth-order valence-electron chi connectivity index (χ4n) is 3.39. The molecule has 1 N–H and O–H groups in total. The number of piperazine rings is 1. The fraction of sp³-hybridized carbons (Fsp3) is 0.667. The van der Waals surface area contributed by atoms with Crippen molar-refractivity contribution in [2.45, 2.75) is 26.8 Å². The maximum absolute atomic E-state index is 12.1. The maximum atomic E-state index is 12.1. The van der Waals surface area contributed by atoms with Gasteiger partial charge in [0.15, 0.2) is 11.5 Å². The van der Waals surface area contributed by atoms with E-state index in [0.717, 1.165) is 51.3 Å². The number of rotatable bonds is 10. The van der Waals surface area contributed by atoms with Crippen LogP contribution in [0.15, 0.2) is 12.1 Å². The van der Waals surface area contributed by atoms with Crippen LogP contribution in [0.1, 0.15) is 25.8 Å². The van der Waals surface area contributed by atoms with Crippen LogP contribution in [0, 0.1) is 5.92 Å². The van der Waals surface area contributed by atoms with E-state index in [-0.39, 0.29) is 5.91 Å². The largest absolute Gasteiger partial charge is 0.493 e. The van der Waals surface area contributed by atoms with Crippen molar-refractivity contribution >= 4 is 5.91 Å². The minimum Gasteiger partial charge on any atom is -0.493 e. The van der Waals surface area contributed by atoms with Crippen molar-refractivity contribution in [2.24, 2.45) is 5.92 Å². The van der Waals surface area contributed by atoms with Crippen LogP contribution in [0.5, 0.6) is 17.2 Å². The molecular formula is C21H35N3O4. The third-order valence-corrected chi connectivity index (χ3v) is 5.06. The van der Waals surface area contributed by atoms with Crippen molar-refractivity contribution in [1.82, 2.24) is 15.1 Å². The van der Waals surface area contributed by atoms with Crippen molar-refractivity contribution in [3.05, 3.63) is 17.7 Å². The lowest BCUT2D eigenvalue weighted by Crippen LogP contribution is -2.49. The lowest BCUT2D eigenvalue weighted by molar-refractivity contribution is -0.122. The first kappa shape index (κ1) is 22.3. The fourth-order valence-corrected chi connectivity index (χ4v) is 3.39. The molecule has 7 heteroatoms. The zero-order chi connectivity index (χ0) is 20.5. The average Bonchev–Trinajstić information content (AvgIpc) is 2.68. The molecule has 0 spiro atoms. The maximum Gasteiger partial charge on any atom is 0.234 e. The minimum atomic E-state index is 0.121. The van der Waals surface area contributed by atoms with Crippen LogP contribution in [-0.4, -0.2) is 76.3 Å². The Hall–Kier alpha value is -1.99. The number of nitrogens with zero attached hydrogens (tertiary/aromatic N) is 2. The van der Waals surface area contributed by atoms with Gasteiger partial charge in [-0.25, -0.2) is 0 Å². The molecule has 1 amide bonds. The van der Waals surface area contributed by atoms with Gasteiger partial charge in [-0.1, -0.05) is 19.9 Å². The number of nitrogens with one attached hydrogen (secondary N) is 1. The van der Waals surface area contributed by atoms with Crippen molar-refractivity contribution in [1.29, 1.82) is 0 Å². The van der Waals surface area contributed by atoms with E-state index in [1.807, 2.05) is 12.1 Å². The molecule has 158 valence electrons. The Labute approximate surface area is 168 Å². The molecule has 0 aliphatic carbocycles. The zero-order valence-electron chi connectivity index (χ0n) is 17.9. The molecule has 2 rings (SSSR count). The number of hydrogen-bond acceptors (Lipinski definition) is 6. The number of ether oxygens (including phenoxy) is 3. The quantitative estimate of drug-likeness (QED) is 0.656. The van der Waals surface area contributed by atoms with Gasteiger partial charge in [0, 0.05) is 44.8 Å². The number of benzene rings is 1. The van der Waals surface area contributed by atoms with Crippen molar-refractivity contribution in [2.75, 3.05) is 60.6 Å². The monoisotopic (exact) mass is 393 g/mol. The molecule has 28 heavy (non-hydrogen) atoms. The van der Waals surface area contributed by atoms with Crippen LogP contribution >= 0.6 is 0 Å². The van der Waals surface area contributed by atoms with Crippen molar-refractivity contribution in [3.8, 4) is 17.2 Å². The van der Waals surface area contributed by atoms with Gasteiger partial charge in [0.1, 0.15) is 0 Å². The summed E-state index contributed by atoms with van der Waals surface area (Å²) < 4.78 is 16.4. The standard InChI is InChI=1S/C21H35N3O4/c1-16(2)8-9-22-19(25)15-24-12-10-23(11-13-24)14-17-6-7-18(26-3)21(28-5)20(17)27-4/h6-7,16H,8-15H2,1-5H3,(H,22,25). The van der Waals surface area contributed by atoms with Gasteiger partial charge in [-0.15, -0.1) is 0 Å². The van der Waals surface area contributed by atoms with Crippen LogP contribution < -0.4 is 19.5 Å². The van der Waals surface area contributed by atoms with Crippen molar-refractivity contribution in [3.63, 3.8) is 0 Å². The highest BCUT2D eigenvalue weighted by molar-refractivity contribution is 5.78. The Morgan fingerprint density at radius 2 is 1.64 bits per heavy atom. The van der Waals surface area contributed by atoms with Gasteiger partial charge in [-0.05, 0) is 18.4 Å². The van der Waals surface area contributed by atoms with Crippen molar-refractivity contribution < 1.29 is 19.0 Å². The number of carbonyl (C=O) groups excluding carboxylic acids is 1. The molecule has 1 aliphatic rings. The second-order valence-electron chi connectivity index (χ2n) is 7.58. The Morgan fingerprint density at radius 3 is 2.21 bits per heavy atom. The van der Waals surface area contributed by atoms with Gasteiger partial charge in [0.2, 0.25) is 11.7 Å². The van der Waals surface area contributed by atoms with E-state index in [9.17, 15) is 4.79 Å². The average molecular weight is 394 g/mol. The molecule has 0 aromatic heterocycles. The predicted molar refractivity (Wildman–Crippen MR) is 110 cm³/mol. The van der Waals surface area contributed by atoms with Crippen LogP contribution in [0.4, 0.5) is 0 Å². The lowest BCUT2D eigenvalue weighted by atomic mass is 10.1. The molecule has 1 fully saturated rings. The normalized spacial score (nSPS) is 15.5. The first-order valence-electron chi connectivity index (χ1n) is 9.97. The molecule has 0 atom stereocenters. The number of carbonyl (C=O) groups is 1. The predicted octanol–water partition coefficient (Wildman–Crippen LogP) is 1.99.